The number of hydrogen-bond acceptors (Lipinski definition) is 6. The summed E-state index contributed by atoms with van der Waals surface area (Å²) >= 11 is 1.61. The first-order chi connectivity index (χ1) is 10.7. The Bertz CT molecular complexity index is 786. The highest BCUT2D eigenvalue weighted by molar-refractivity contribution is 7.98. The van der Waals surface area contributed by atoms with Gasteiger partial charge >= 0.3 is 0 Å². The minimum Gasteiger partial charge on any atom is -0.493 e. The molecule has 0 spiro atoms. The van der Waals surface area contributed by atoms with Crippen LogP contribution in [0.5, 0.6) is 11.8 Å². The zero-order valence-electron chi connectivity index (χ0n) is 12.1. The van der Waals surface area contributed by atoms with Gasteiger partial charge < -0.3 is 9.84 Å². The summed E-state index contributed by atoms with van der Waals surface area (Å²) in [7, 11) is 1.55. The van der Waals surface area contributed by atoms with E-state index in [9.17, 15) is 5.11 Å². The first-order valence-corrected chi connectivity index (χ1v) is 7.73. The van der Waals surface area contributed by atoms with Crippen LogP contribution >= 0.6 is 11.8 Å². The highest BCUT2D eigenvalue weighted by Gasteiger charge is 2.14. The lowest BCUT2D eigenvalue weighted by atomic mass is 10.1. The van der Waals surface area contributed by atoms with E-state index in [0.717, 1.165) is 10.5 Å². The quantitative estimate of drug-likeness (QED) is 0.747. The van der Waals surface area contributed by atoms with Crippen LogP contribution in [0, 0.1) is 0 Å². The fourth-order valence-corrected chi connectivity index (χ4v) is 2.38. The molecule has 3 aromatic heterocycles. The third-order valence-corrected chi connectivity index (χ3v) is 3.89. The number of nitrogens with zero attached hydrogens (tertiary/aromatic N) is 4. The van der Waals surface area contributed by atoms with Gasteiger partial charge in [0.15, 0.2) is 5.82 Å². The van der Waals surface area contributed by atoms with Crippen molar-refractivity contribution in [3.05, 3.63) is 42.9 Å². The van der Waals surface area contributed by atoms with E-state index in [1.807, 2.05) is 18.4 Å². The van der Waals surface area contributed by atoms with E-state index in [-0.39, 0.29) is 5.88 Å². The van der Waals surface area contributed by atoms with Crippen LogP contribution in [-0.4, -0.2) is 38.2 Å². The minimum absolute atomic E-state index is 0.0256. The summed E-state index contributed by atoms with van der Waals surface area (Å²) in [6.45, 7) is 0. The molecule has 0 radical (unpaired) electrons. The molecule has 1 N–H and O–H groups in total. The molecule has 0 atom stereocenters. The standard InChI is InChI=1S/C15H14N4O2S/c1-21-14-7-10(5-6-16-14)12-9-18-19(15(12)20)13-4-3-11(22-2)8-17-13/h3-9,20H,1-2H3. The molecule has 0 aromatic carbocycles. The van der Waals surface area contributed by atoms with Crippen LogP contribution < -0.4 is 4.74 Å². The fourth-order valence-electron chi connectivity index (χ4n) is 2.02. The van der Waals surface area contributed by atoms with Gasteiger partial charge in [0.2, 0.25) is 11.8 Å². The van der Waals surface area contributed by atoms with Crippen molar-refractivity contribution in [1.82, 2.24) is 19.7 Å². The van der Waals surface area contributed by atoms with E-state index < -0.39 is 0 Å². The van der Waals surface area contributed by atoms with Gasteiger partial charge in [0, 0.05) is 23.4 Å². The van der Waals surface area contributed by atoms with Gasteiger partial charge in [-0.2, -0.15) is 9.78 Å². The molecule has 3 aromatic rings. The first kappa shape index (κ1) is 14.4. The average molecular weight is 314 g/mol. The normalized spacial score (nSPS) is 10.6. The van der Waals surface area contributed by atoms with Gasteiger partial charge in [0.05, 0.1) is 18.9 Å². The Hall–Kier alpha value is -2.54. The number of thioether (sulfide) groups is 1. The van der Waals surface area contributed by atoms with Gasteiger partial charge in [-0.1, -0.05) is 0 Å². The van der Waals surface area contributed by atoms with Crippen molar-refractivity contribution in [1.29, 1.82) is 0 Å². The Labute approximate surface area is 131 Å². The number of pyridine rings is 2. The van der Waals surface area contributed by atoms with Crippen molar-refractivity contribution in [2.24, 2.45) is 0 Å². The van der Waals surface area contributed by atoms with Crippen molar-refractivity contribution < 1.29 is 9.84 Å². The molecule has 112 valence electrons. The Morgan fingerprint density at radius 3 is 2.73 bits per heavy atom. The molecule has 0 unspecified atom stereocenters. The molecule has 0 aliphatic rings. The maximum Gasteiger partial charge on any atom is 0.223 e. The predicted octanol–water partition coefficient (Wildman–Crippen LogP) is 2.77. The molecule has 0 amide bonds. The second kappa shape index (κ2) is 6.07. The van der Waals surface area contributed by atoms with E-state index in [1.54, 1.807) is 49.6 Å². The molecule has 0 saturated heterocycles. The summed E-state index contributed by atoms with van der Waals surface area (Å²) in [5.74, 6) is 1.06. The lowest BCUT2D eigenvalue weighted by molar-refractivity contribution is 0.398. The van der Waals surface area contributed by atoms with E-state index in [1.165, 1.54) is 4.68 Å². The molecular weight excluding hydrogens is 300 g/mol. The number of methoxy groups -OCH3 is 1. The van der Waals surface area contributed by atoms with Crippen molar-refractivity contribution in [2.75, 3.05) is 13.4 Å². The van der Waals surface area contributed by atoms with Crippen LogP contribution in [0.4, 0.5) is 0 Å². The van der Waals surface area contributed by atoms with Crippen LogP contribution in [0.3, 0.4) is 0 Å². The Balaban J connectivity index is 2.00. The minimum atomic E-state index is 0.0256. The second-order valence-electron chi connectivity index (χ2n) is 4.44. The summed E-state index contributed by atoms with van der Waals surface area (Å²) in [5.41, 5.74) is 1.37. The lowest BCUT2D eigenvalue weighted by Crippen LogP contribution is -1.98. The number of rotatable bonds is 4. The Kier molecular flexibility index (Phi) is 3.97. The van der Waals surface area contributed by atoms with E-state index in [0.29, 0.717) is 17.3 Å². The molecule has 3 heterocycles. The molecule has 3 rings (SSSR count). The molecule has 0 fully saturated rings. The largest absolute Gasteiger partial charge is 0.493 e. The molecule has 0 bridgehead atoms. The van der Waals surface area contributed by atoms with Crippen LogP contribution in [0.15, 0.2) is 47.8 Å². The van der Waals surface area contributed by atoms with Gasteiger partial charge in [0.25, 0.3) is 0 Å². The lowest BCUT2D eigenvalue weighted by Gasteiger charge is -2.05. The predicted molar refractivity (Wildman–Crippen MR) is 84.6 cm³/mol. The van der Waals surface area contributed by atoms with Gasteiger partial charge in [-0.25, -0.2) is 9.97 Å². The van der Waals surface area contributed by atoms with Gasteiger partial charge in [-0.15, -0.1) is 11.8 Å². The van der Waals surface area contributed by atoms with Gasteiger partial charge in [-0.3, -0.25) is 0 Å². The number of hydrogen-bond donors (Lipinski definition) is 1. The summed E-state index contributed by atoms with van der Waals surface area (Å²) in [6, 6.07) is 7.28. The molecule has 6 nitrogen and oxygen atoms in total. The Morgan fingerprint density at radius 1 is 1.18 bits per heavy atom. The fraction of sp³-hybridized carbons (Fsp3) is 0.133. The maximum atomic E-state index is 10.4. The van der Waals surface area contributed by atoms with Crippen molar-refractivity contribution in [3.8, 4) is 28.7 Å². The topological polar surface area (TPSA) is 73.1 Å². The van der Waals surface area contributed by atoms with Crippen molar-refractivity contribution in [3.63, 3.8) is 0 Å². The molecular formula is C15H14N4O2S. The number of ether oxygens (including phenoxy) is 1. The highest BCUT2D eigenvalue weighted by atomic mass is 32.2. The first-order valence-electron chi connectivity index (χ1n) is 6.50. The van der Waals surface area contributed by atoms with E-state index >= 15 is 0 Å². The van der Waals surface area contributed by atoms with E-state index in [4.69, 9.17) is 4.74 Å². The summed E-state index contributed by atoms with van der Waals surface area (Å²) in [5, 5.41) is 14.6. The van der Waals surface area contributed by atoms with Gasteiger partial charge in [-0.05, 0) is 30.0 Å². The third-order valence-electron chi connectivity index (χ3n) is 3.17. The van der Waals surface area contributed by atoms with Crippen LogP contribution in [-0.2, 0) is 0 Å². The summed E-state index contributed by atoms with van der Waals surface area (Å²) in [4.78, 5) is 9.41. The van der Waals surface area contributed by atoms with Gasteiger partial charge in [0.1, 0.15) is 0 Å². The maximum absolute atomic E-state index is 10.4. The molecule has 0 aliphatic heterocycles. The second-order valence-corrected chi connectivity index (χ2v) is 5.32. The summed E-state index contributed by atoms with van der Waals surface area (Å²) in [6.07, 6.45) is 6.94. The summed E-state index contributed by atoms with van der Waals surface area (Å²) < 4.78 is 6.49. The zero-order valence-corrected chi connectivity index (χ0v) is 12.9. The van der Waals surface area contributed by atoms with Crippen molar-refractivity contribution >= 4 is 11.8 Å². The zero-order chi connectivity index (χ0) is 15.5. The van der Waals surface area contributed by atoms with E-state index in [2.05, 4.69) is 15.1 Å². The number of aromatic nitrogens is 4. The highest BCUT2D eigenvalue weighted by Crippen LogP contribution is 2.31. The SMILES string of the molecule is COc1cc(-c2cnn(-c3ccc(SC)cn3)c2O)ccn1. The molecule has 7 heteroatoms. The molecule has 0 aliphatic carbocycles. The molecule has 0 saturated carbocycles. The monoisotopic (exact) mass is 314 g/mol. The molecule has 22 heavy (non-hydrogen) atoms. The van der Waals surface area contributed by atoms with Crippen LogP contribution in [0.1, 0.15) is 0 Å². The van der Waals surface area contributed by atoms with Crippen LogP contribution in [0.2, 0.25) is 0 Å². The average Bonchev–Trinajstić information content (AvgIpc) is 2.96. The third kappa shape index (κ3) is 2.62. The Morgan fingerprint density at radius 2 is 2.05 bits per heavy atom. The van der Waals surface area contributed by atoms with Crippen molar-refractivity contribution in [2.45, 2.75) is 4.90 Å². The number of aromatic hydroxyl groups is 1. The van der Waals surface area contributed by atoms with Crippen LogP contribution in [0.25, 0.3) is 16.9 Å². The smallest absolute Gasteiger partial charge is 0.223 e.